The first-order valence-electron chi connectivity index (χ1n) is 10.8. The molecule has 5 nitrogen and oxygen atoms in total. The van der Waals surface area contributed by atoms with E-state index in [-0.39, 0.29) is 30.9 Å². The molecule has 2 aromatic carbocycles. The van der Waals surface area contributed by atoms with E-state index in [1.54, 1.807) is 0 Å². The minimum atomic E-state index is -0.611. The van der Waals surface area contributed by atoms with Gasteiger partial charge in [0.05, 0.1) is 23.3 Å². The Labute approximate surface area is 204 Å². The Morgan fingerprint density at radius 2 is 1.78 bits per heavy atom. The van der Waals surface area contributed by atoms with Gasteiger partial charge in [0.15, 0.2) is 0 Å². The van der Waals surface area contributed by atoms with Crippen molar-refractivity contribution < 1.29 is 9.84 Å². The summed E-state index contributed by atoms with van der Waals surface area (Å²) >= 11 is 0. The van der Waals surface area contributed by atoms with Gasteiger partial charge < -0.3 is 14.7 Å². The summed E-state index contributed by atoms with van der Waals surface area (Å²) in [6.07, 6.45) is 2.48. The molecule has 1 N–H and O–H groups in total. The number of ether oxygens (including phenoxy) is 1. The number of rotatable bonds is 8. The fourth-order valence-corrected chi connectivity index (χ4v) is 3.93. The Morgan fingerprint density at radius 3 is 2.38 bits per heavy atom. The molecule has 1 fully saturated rings. The number of nitrogens with zero attached hydrogens (tertiary/aromatic N) is 3. The van der Waals surface area contributed by atoms with Crippen LogP contribution in [0.25, 0.3) is 0 Å². The van der Waals surface area contributed by atoms with Crippen molar-refractivity contribution >= 4 is 30.5 Å². The van der Waals surface area contributed by atoms with E-state index in [0.29, 0.717) is 5.56 Å². The zero-order valence-electron chi connectivity index (χ0n) is 19.2. The Hall–Kier alpha value is -1.97. The van der Waals surface area contributed by atoms with Crippen molar-refractivity contribution in [2.75, 3.05) is 31.6 Å². The van der Waals surface area contributed by atoms with Crippen LogP contribution in [-0.2, 0) is 6.54 Å². The molecule has 0 radical (unpaired) electrons. The molecule has 0 unspecified atom stereocenters. The van der Waals surface area contributed by atoms with E-state index in [1.165, 1.54) is 0 Å². The summed E-state index contributed by atoms with van der Waals surface area (Å²) in [5, 5.41) is 20.1. The van der Waals surface area contributed by atoms with E-state index in [0.717, 1.165) is 62.4 Å². The second-order valence-electron chi connectivity index (χ2n) is 8.64. The van der Waals surface area contributed by atoms with E-state index < -0.39 is 5.60 Å². The molecule has 1 heterocycles. The topological polar surface area (TPSA) is 59.7 Å². The van der Waals surface area contributed by atoms with E-state index in [9.17, 15) is 5.11 Å². The van der Waals surface area contributed by atoms with Gasteiger partial charge in [-0.25, -0.2) is 0 Å². The molecule has 0 amide bonds. The largest absolute Gasteiger partial charge is 0.491 e. The SMILES string of the molecule is CC(C)Oc1ccc(N(C)CCC2(O)CCN(Cc3cccc(C#N)c3)CC2)cc1.Cl.Cl. The van der Waals surface area contributed by atoms with Crippen molar-refractivity contribution in [3.63, 3.8) is 0 Å². The van der Waals surface area contributed by atoms with E-state index in [1.807, 2.05) is 44.2 Å². The monoisotopic (exact) mass is 479 g/mol. The Kier molecular flexibility index (Phi) is 11.3. The van der Waals surface area contributed by atoms with Gasteiger partial charge in [0.1, 0.15) is 5.75 Å². The fraction of sp³-hybridized carbons (Fsp3) is 0.480. The van der Waals surface area contributed by atoms with Crippen LogP contribution in [-0.4, -0.2) is 48.4 Å². The lowest BCUT2D eigenvalue weighted by molar-refractivity contribution is -0.0275. The smallest absolute Gasteiger partial charge is 0.119 e. The van der Waals surface area contributed by atoms with Crippen LogP contribution < -0.4 is 9.64 Å². The molecule has 1 aliphatic rings. The highest BCUT2D eigenvalue weighted by atomic mass is 35.5. The average molecular weight is 480 g/mol. The third-order valence-corrected chi connectivity index (χ3v) is 5.81. The minimum absolute atomic E-state index is 0. The van der Waals surface area contributed by atoms with Crippen LogP contribution in [0.4, 0.5) is 5.69 Å². The van der Waals surface area contributed by atoms with Gasteiger partial charge in [0.2, 0.25) is 0 Å². The molecule has 1 saturated heterocycles. The van der Waals surface area contributed by atoms with Gasteiger partial charge in [0.25, 0.3) is 0 Å². The quantitative estimate of drug-likeness (QED) is 0.574. The number of likely N-dealkylation sites (tertiary alicyclic amines) is 1. The summed E-state index contributed by atoms with van der Waals surface area (Å²) < 4.78 is 5.71. The van der Waals surface area contributed by atoms with Crippen LogP contribution in [0.1, 0.15) is 44.2 Å². The molecule has 1 aliphatic heterocycles. The predicted molar refractivity (Wildman–Crippen MR) is 135 cm³/mol. The van der Waals surface area contributed by atoms with Crippen LogP contribution in [0.15, 0.2) is 48.5 Å². The molecule has 0 spiro atoms. The van der Waals surface area contributed by atoms with Crippen LogP contribution in [0.2, 0.25) is 0 Å². The molecular formula is C25H35Cl2N3O2. The second kappa shape index (κ2) is 12.9. The lowest BCUT2D eigenvalue weighted by Gasteiger charge is -2.39. The highest BCUT2D eigenvalue weighted by Gasteiger charge is 2.32. The normalized spacial score (nSPS) is 15.2. The molecule has 0 saturated carbocycles. The summed E-state index contributed by atoms with van der Waals surface area (Å²) in [5.41, 5.74) is 2.38. The first-order valence-corrected chi connectivity index (χ1v) is 10.8. The number of anilines is 1. The molecule has 0 aromatic heterocycles. The second-order valence-corrected chi connectivity index (χ2v) is 8.64. The molecule has 32 heavy (non-hydrogen) atoms. The standard InChI is InChI=1S/C25H33N3O2.2ClH/c1-20(2)30-24-9-7-23(8-10-24)27(3)14-11-25(29)12-15-28(16-13-25)19-22-6-4-5-21(17-22)18-26;;/h4-10,17,20,29H,11-16,19H2,1-3H3;2*1H. The van der Waals surface area contributed by atoms with Gasteiger partial charge in [-0.2, -0.15) is 5.26 Å². The summed E-state index contributed by atoms with van der Waals surface area (Å²) in [6.45, 7) is 7.43. The van der Waals surface area contributed by atoms with Crippen molar-refractivity contribution in [1.82, 2.24) is 4.90 Å². The van der Waals surface area contributed by atoms with Gasteiger partial charge in [-0.15, -0.1) is 24.8 Å². The van der Waals surface area contributed by atoms with Crippen LogP contribution in [0, 0.1) is 11.3 Å². The summed E-state index contributed by atoms with van der Waals surface area (Å²) in [4.78, 5) is 4.55. The lowest BCUT2D eigenvalue weighted by atomic mass is 9.88. The maximum Gasteiger partial charge on any atom is 0.119 e. The molecule has 3 rings (SSSR count). The van der Waals surface area contributed by atoms with E-state index in [2.05, 4.69) is 41.1 Å². The molecule has 7 heteroatoms. The van der Waals surface area contributed by atoms with Gasteiger partial charge in [-0.1, -0.05) is 12.1 Å². The van der Waals surface area contributed by atoms with Crippen molar-refractivity contribution in [3.8, 4) is 11.8 Å². The fourth-order valence-electron chi connectivity index (χ4n) is 3.93. The number of halogens is 2. The maximum absolute atomic E-state index is 11.1. The number of piperidine rings is 1. The molecular weight excluding hydrogens is 445 g/mol. The number of hydrogen-bond acceptors (Lipinski definition) is 5. The summed E-state index contributed by atoms with van der Waals surface area (Å²) in [6, 6.07) is 18.1. The first-order chi connectivity index (χ1) is 14.4. The number of nitriles is 1. The van der Waals surface area contributed by atoms with Gasteiger partial charge in [-0.3, -0.25) is 4.90 Å². The predicted octanol–water partition coefficient (Wildman–Crippen LogP) is 5.04. The highest BCUT2D eigenvalue weighted by molar-refractivity contribution is 5.85. The third kappa shape index (κ3) is 8.18. The van der Waals surface area contributed by atoms with Gasteiger partial charge >= 0.3 is 0 Å². The Morgan fingerprint density at radius 1 is 1.12 bits per heavy atom. The van der Waals surface area contributed by atoms with Gasteiger partial charge in [0, 0.05) is 38.9 Å². The zero-order valence-corrected chi connectivity index (χ0v) is 20.8. The minimum Gasteiger partial charge on any atom is -0.491 e. The van der Waals surface area contributed by atoms with E-state index >= 15 is 0 Å². The zero-order chi connectivity index (χ0) is 21.6. The number of aliphatic hydroxyl groups is 1. The molecule has 0 bridgehead atoms. The molecule has 2 aromatic rings. The Bertz CT molecular complexity index is 860. The first kappa shape index (κ1) is 28.1. The van der Waals surface area contributed by atoms with Crippen LogP contribution >= 0.6 is 24.8 Å². The Balaban J connectivity index is 0.00000256. The molecule has 0 atom stereocenters. The average Bonchev–Trinajstić information content (AvgIpc) is 2.74. The van der Waals surface area contributed by atoms with Crippen molar-refractivity contribution in [3.05, 3.63) is 59.7 Å². The summed E-state index contributed by atoms with van der Waals surface area (Å²) in [7, 11) is 2.07. The highest BCUT2D eigenvalue weighted by Crippen LogP contribution is 2.28. The van der Waals surface area contributed by atoms with Gasteiger partial charge in [-0.05, 0) is 75.1 Å². The summed E-state index contributed by atoms with van der Waals surface area (Å²) in [5.74, 6) is 0.883. The molecule has 176 valence electrons. The van der Waals surface area contributed by atoms with Crippen LogP contribution in [0.3, 0.4) is 0 Å². The van der Waals surface area contributed by atoms with E-state index in [4.69, 9.17) is 10.00 Å². The molecule has 0 aliphatic carbocycles. The van der Waals surface area contributed by atoms with Crippen LogP contribution in [0.5, 0.6) is 5.75 Å². The maximum atomic E-state index is 11.1. The number of benzene rings is 2. The third-order valence-electron chi connectivity index (χ3n) is 5.81. The van der Waals surface area contributed by atoms with Crippen molar-refractivity contribution in [1.29, 1.82) is 5.26 Å². The lowest BCUT2D eigenvalue weighted by Crippen LogP contribution is -2.45. The van der Waals surface area contributed by atoms with Crippen molar-refractivity contribution in [2.45, 2.75) is 51.4 Å². The van der Waals surface area contributed by atoms with Crippen molar-refractivity contribution in [2.24, 2.45) is 0 Å². The number of hydrogen-bond donors (Lipinski definition) is 1.